The molecule has 0 unspecified atom stereocenters. The van der Waals surface area contributed by atoms with E-state index in [4.69, 9.17) is 0 Å². The molecule has 2 saturated heterocycles. The smallest absolute Gasteiger partial charge is 0.0195 e. The maximum Gasteiger partial charge on any atom is 0.0195 e. The van der Waals surface area contributed by atoms with Crippen molar-refractivity contribution in [3.05, 3.63) is 0 Å². The molecule has 88 valence electrons. The van der Waals surface area contributed by atoms with Crippen LogP contribution in [0.4, 0.5) is 0 Å². The fraction of sp³-hybridized carbons (Fsp3) is 1.00. The molecule has 0 bridgehead atoms. The third-order valence-corrected chi connectivity index (χ3v) is 3.74. The SMILES string of the molecule is CN1CCN(C[C@@H]2CCCCCN2)CC1. The van der Waals surface area contributed by atoms with Crippen LogP contribution in [0.3, 0.4) is 0 Å². The van der Waals surface area contributed by atoms with Crippen molar-refractivity contribution in [3.8, 4) is 0 Å². The van der Waals surface area contributed by atoms with Gasteiger partial charge in [-0.25, -0.2) is 0 Å². The molecule has 0 saturated carbocycles. The zero-order valence-electron chi connectivity index (χ0n) is 10.0. The van der Waals surface area contributed by atoms with Gasteiger partial charge in [-0.3, -0.25) is 4.90 Å². The van der Waals surface area contributed by atoms with Crippen LogP contribution in [0.2, 0.25) is 0 Å². The Labute approximate surface area is 93.8 Å². The summed E-state index contributed by atoms with van der Waals surface area (Å²) in [4.78, 5) is 5.06. The molecule has 2 rings (SSSR count). The topological polar surface area (TPSA) is 18.5 Å². The quantitative estimate of drug-likeness (QED) is 0.728. The van der Waals surface area contributed by atoms with Crippen LogP contribution in [0.1, 0.15) is 25.7 Å². The molecule has 2 aliphatic heterocycles. The highest BCUT2D eigenvalue weighted by Crippen LogP contribution is 2.10. The number of nitrogens with one attached hydrogen (secondary N) is 1. The summed E-state index contributed by atoms with van der Waals surface area (Å²) in [6.45, 7) is 7.51. The second-order valence-corrected chi connectivity index (χ2v) is 5.10. The summed E-state index contributed by atoms with van der Waals surface area (Å²) in [6, 6.07) is 0.760. The van der Waals surface area contributed by atoms with Crippen LogP contribution in [0, 0.1) is 0 Å². The average Bonchev–Trinajstić information content (AvgIpc) is 2.50. The Balaban J connectivity index is 1.70. The Bertz CT molecular complexity index is 168. The minimum Gasteiger partial charge on any atom is -0.313 e. The van der Waals surface area contributed by atoms with Crippen LogP contribution in [0.25, 0.3) is 0 Å². The monoisotopic (exact) mass is 211 g/mol. The minimum absolute atomic E-state index is 0.760. The lowest BCUT2D eigenvalue weighted by atomic mass is 10.1. The summed E-state index contributed by atoms with van der Waals surface area (Å²) < 4.78 is 0. The van der Waals surface area contributed by atoms with Crippen molar-refractivity contribution < 1.29 is 0 Å². The summed E-state index contributed by atoms with van der Waals surface area (Å²) in [7, 11) is 2.22. The van der Waals surface area contributed by atoms with Gasteiger partial charge in [0.1, 0.15) is 0 Å². The van der Waals surface area contributed by atoms with Crippen LogP contribution in [-0.2, 0) is 0 Å². The molecule has 1 atom stereocenters. The molecule has 1 N–H and O–H groups in total. The Hall–Kier alpha value is -0.120. The molecule has 0 amide bonds. The summed E-state index contributed by atoms with van der Waals surface area (Å²) in [6.07, 6.45) is 5.60. The van der Waals surface area contributed by atoms with E-state index in [-0.39, 0.29) is 0 Å². The number of hydrogen-bond donors (Lipinski definition) is 1. The van der Waals surface area contributed by atoms with Crippen LogP contribution in [-0.4, -0.2) is 62.2 Å². The third kappa shape index (κ3) is 3.74. The number of piperazine rings is 1. The molecule has 0 radical (unpaired) electrons. The summed E-state index contributed by atoms with van der Waals surface area (Å²) >= 11 is 0. The van der Waals surface area contributed by atoms with Gasteiger partial charge >= 0.3 is 0 Å². The van der Waals surface area contributed by atoms with E-state index in [2.05, 4.69) is 22.2 Å². The summed E-state index contributed by atoms with van der Waals surface area (Å²) in [5.41, 5.74) is 0. The van der Waals surface area contributed by atoms with Crippen molar-refractivity contribution >= 4 is 0 Å². The van der Waals surface area contributed by atoms with E-state index in [0.29, 0.717) is 0 Å². The van der Waals surface area contributed by atoms with E-state index in [0.717, 1.165) is 6.04 Å². The average molecular weight is 211 g/mol. The van der Waals surface area contributed by atoms with Gasteiger partial charge in [0.25, 0.3) is 0 Å². The molecular formula is C12H25N3. The number of rotatable bonds is 2. The van der Waals surface area contributed by atoms with E-state index in [1.54, 1.807) is 0 Å². The lowest BCUT2D eigenvalue weighted by Crippen LogP contribution is -2.49. The molecule has 2 aliphatic rings. The second kappa shape index (κ2) is 5.83. The van der Waals surface area contributed by atoms with E-state index < -0.39 is 0 Å². The molecule has 0 aliphatic carbocycles. The van der Waals surface area contributed by atoms with Gasteiger partial charge in [-0.15, -0.1) is 0 Å². The van der Waals surface area contributed by atoms with Gasteiger partial charge < -0.3 is 10.2 Å². The van der Waals surface area contributed by atoms with E-state index in [1.165, 1.54) is 65.0 Å². The first kappa shape index (κ1) is 11.4. The molecule has 0 aromatic rings. The normalized spacial score (nSPS) is 31.4. The molecule has 0 spiro atoms. The molecule has 15 heavy (non-hydrogen) atoms. The van der Waals surface area contributed by atoms with Crippen LogP contribution in [0.15, 0.2) is 0 Å². The van der Waals surface area contributed by atoms with Crippen LogP contribution < -0.4 is 5.32 Å². The number of likely N-dealkylation sites (N-methyl/N-ethyl adjacent to an activating group) is 1. The van der Waals surface area contributed by atoms with Gasteiger partial charge in [-0.1, -0.05) is 12.8 Å². The van der Waals surface area contributed by atoms with Crippen molar-refractivity contribution in [2.45, 2.75) is 31.7 Å². The predicted octanol–water partition coefficient (Wildman–Crippen LogP) is 0.766. The molecule has 0 aromatic carbocycles. The molecular weight excluding hydrogens is 186 g/mol. The summed E-state index contributed by atoms with van der Waals surface area (Å²) in [5, 5.41) is 3.68. The van der Waals surface area contributed by atoms with Crippen molar-refractivity contribution in [1.29, 1.82) is 0 Å². The molecule has 2 fully saturated rings. The fourth-order valence-corrected chi connectivity index (χ4v) is 2.60. The van der Waals surface area contributed by atoms with Gasteiger partial charge in [0.05, 0.1) is 0 Å². The Morgan fingerprint density at radius 1 is 1.07 bits per heavy atom. The first-order valence-corrected chi connectivity index (χ1v) is 6.49. The molecule has 2 heterocycles. The van der Waals surface area contributed by atoms with E-state index in [9.17, 15) is 0 Å². The third-order valence-electron chi connectivity index (χ3n) is 3.74. The van der Waals surface area contributed by atoms with Gasteiger partial charge in [0.15, 0.2) is 0 Å². The predicted molar refractivity (Wildman–Crippen MR) is 64.2 cm³/mol. The maximum absolute atomic E-state index is 3.68. The molecule has 3 nitrogen and oxygen atoms in total. The zero-order chi connectivity index (χ0) is 10.5. The van der Waals surface area contributed by atoms with Gasteiger partial charge in [-0.2, -0.15) is 0 Å². The van der Waals surface area contributed by atoms with Gasteiger partial charge in [0.2, 0.25) is 0 Å². The lowest BCUT2D eigenvalue weighted by molar-refractivity contribution is 0.141. The first-order valence-electron chi connectivity index (χ1n) is 6.49. The highest BCUT2D eigenvalue weighted by Gasteiger charge is 2.18. The fourth-order valence-electron chi connectivity index (χ4n) is 2.60. The van der Waals surface area contributed by atoms with E-state index in [1.807, 2.05) is 0 Å². The number of nitrogens with zero attached hydrogens (tertiary/aromatic N) is 2. The van der Waals surface area contributed by atoms with Gasteiger partial charge in [0, 0.05) is 38.8 Å². The summed E-state index contributed by atoms with van der Waals surface area (Å²) in [5.74, 6) is 0. The molecule has 0 aromatic heterocycles. The molecule has 3 heteroatoms. The van der Waals surface area contributed by atoms with Gasteiger partial charge in [-0.05, 0) is 26.4 Å². The Kier molecular flexibility index (Phi) is 4.42. The highest BCUT2D eigenvalue weighted by molar-refractivity contribution is 4.78. The highest BCUT2D eigenvalue weighted by atomic mass is 15.3. The zero-order valence-corrected chi connectivity index (χ0v) is 10.0. The Morgan fingerprint density at radius 2 is 1.87 bits per heavy atom. The first-order chi connectivity index (χ1) is 7.34. The largest absolute Gasteiger partial charge is 0.313 e. The van der Waals surface area contributed by atoms with E-state index >= 15 is 0 Å². The van der Waals surface area contributed by atoms with Crippen molar-refractivity contribution in [2.75, 3.05) is 46.3 Å². The van der Waals surface area contributed by atoms with Crippen LogP contribution in [0.5, 0.6) is 0 Å². The second-order valence-electron chi connectivity index (χ2n) is 5.10. The maximum atomic E-state index is 3.68. The lowest BCUT2D eigenvalue weighted by Gasteiger charge is -2.34. The standard InChI is InChI=1S/C12H25N3/c1-14-7-9-15(10-8-14)11-12-5-3-2-4-6-13-12/h12-13H,2-11H2,1H3/t12-/m0/s1. The Morgan fingerprint density at radius 3 is 2.67 bits per heavy atom. The van der Waals surface area contributed by atoms with Crippen molar-refractivity contribution in [3.63, 3.8) is 0 Å². The van der Waals surface area contributed by atoms with Crippen molar-refractivity contribution in [2.24, 2.45) is 0 Å². The minimum atomic E-state index is 0.760. The van der Waals surface area contributed by atoms with Crippen molar-refractivity contribution in [1.82, 2.24) is 15.1 Å². The van der Waals surface area contributed by atoms with Crippen LogP contribution >= 0.6 is 0 Å². The number of hydrogen-bond acceptors (Lipinski definition) is 3.